The Kier molecular flexibility index (Phi) is 4.06. The lowest BCUT2D eigenvalue weighted by Crippen LogP contribution is -2.18. The molecule has 1 aliphatic heterocycles. The number of rotatable bonds is 4. The highest BCUT2D eigenvalue weighted by molar-refractivity contribution is 6.34. The van der Waals surface area contributed by atoms with Crippen LogP contribution in [0.4, 0.5) is 0 Å². The van der Waals surface area contributed by atoms with Gasteiger partial charge in [0.25, 0.3) is 0 Å². The van der Waals surface area contributed by atoms with E-state index in [0.717, 1.165) is 11.3 Å². The van der Waals surface area contributed by atoms with Crippen molar-refractivity contribution in [3.63, 3.8) is 0 Å². The number of carbonyl (C=O) groups excluding carboxylic acids is 2. The summed E-state index contributed by atoms with van der Waals surface area (Å²) in [6.07, 6.45) is 1.87. The van der Waals surface area contributed by atoms with E-state index in [1.807, 2.05) is 31.4 Å². The maximum Gasteiger partial charge on any atom is 0.315 e. The van der Waals surface area contributed by atoms with E-state index in [0.29, 0.717) is 23.7 Å². The predicted octanol–water partition coefficient (Wildman–Crippen LogP) is 3.71. The molecule has 0 aromatic carbocycles. The van der Waals surface area contributed by atoms with Crippen LogP contribution in [0.2, 0.25) is 5.02 Å². The molecule has 0 saturated carbocycles. The van der Waals surface area contributed by atoms with E-state index in [1.54, 1.807) is 6.07 Å². The van der Waals surface area contributed by atoms with E-state index >= 15 is 0 Å². The summed E-state index contributed by atoms with van der Waals surface area (Å²) in [5.74, 6) is -0.707. The summed E-state index contributed by atoms with van der Waals surface area (Å²) in [4.78, 5) is 24.9. The quantitative estimate of drug-likeness (QED) is 0.631. The lowest BCUT2D eigenvalue weighted by Gasteiger charge is -2.12. The lowest BCUT2D eigenvalue weighted by molar-refractivity contribution is -0.149. The SMILES string of the molecule is Cc1cc2n(c1C(=O)c1occc1Cl)CCC2C(=O)OC(C)C. The summed E-state index contributed by atoms with van der Waals surface area (Å²) >= 11 is 5.99. The number of aromatic nitrogens is 1. The third-order valence-electron chi connectivity index (χ3n) is 3.99. The van der Waals surface area contributed by atoms with Gasteiger partial charge in [0.1, 0.15) is 0 Å². The van der Waals surface area contributed by atoms with Crippen LogP contribution in [0.5, 0.6) is 0 Å². The third kappa shape index (κ3) is 2.70. The Morgan fingerprint density at radius 2 is 2.17 bits per heavy atom. The number of esters is 1. The largest absolute Gasteiger partial charge is 0.462 e. The number of nitrogens with zero attached hydrogens (tertiary/aromatic N) is 1. The second-order valence-electron chi connectivity index (χ2n) is 6.01. The fourth-order valence-electron chi connectivity index (χ4n) is 3.06. The van der Waals surface area contributed by atoms with Crippen LogP contribution in [-0.2, 0) is 16.1 Å². The second-order valence-corrected chi connectivity index (χ2v) is 6.41. The number of ether oxygens (including phenoxy) is 1. The number of furan rings is 1. The highest BCUT2D eigenvalue weighted by atomic mass is 35.5. The van der Waals surface area contributed by atoms with Gasteiger partial charge in [0, 0.05) is 12.2 Å². The van der Waals surface area contributed by atoms with Crippen LogP contribution >= 0.6 is 11.6 Å². The fraction of sp³-hybridized carbons (Fsp3) is 0.412. The van der Waals surface area contributed by atoms with Crippen LogP contribution in [0, 0.1) is 6.92 Å². The minimum Gasteiger partial charge on any atom is -0.462 e. The molecular formula is C17H18ClNO4. The van der Waals surface area contributed by atoms with Crippen LogP contribution < -0.4 is 0 Å². The molecule has 0 fully saturated rings. The molecule has 3 heterocycles. The lowest BCUT2D eigenvalue weighted by atomic mass is 10.0. The molecule has 1 aliphatic rings. The number of fused-ring (bicyclic) bond motifs is 1. The highest BCUT2D eigenvalue weighted by Gasteiger charge is 2.35. The molecule has 1 unspecified atom stereocenters. The molecule has 5 nitrogen and oxygen atoms in total. The molecule has 2 aromatic rings. The first-order valence-corrected chi connectivity index (χ1v) is 7.96. The zero-order chi connectivity index (χ0) is 16.7. The van der Waals surface area contributed by atoms with Crippen LogP contribution in [0.3, 0.4) is 0 Å². The predicted molar refractivity (Wildman–Crippen MR) is 84.9 cm³/mol. The number of hydrogen-bond acceptors (Lipinski definition) is 4. The first-order chi connectivity index (χ1) is 10.9. The molecule has 122 valence electrons. The fourth-order valence-corrected chi connectivity index (χ4v) is 3.25. The molecule has 0 bridgehead atoms. The maximum absolute atomic E-state index is 12.7. The third-order valence-corrected chi connectivity index (χ3v) is 4.29. The molecular weight excluding hydrogens is 318 g/mol. The van der Waals surface area contributed by atoms with E-state index in [2.05, 4.69) is 0 Å². The Morgan fingerprint density at radius 3 is 2.78 bits per heavy atom. The molecule has 0 saturated heterocycles. The number of aryl methyl sites for hydroxylation is 1. The number of carbonyl (C=O) groups is 2. The van der Waals surface area contributed by atoms with E-state index in [-0.39, 0.29) is 29.5 Å². The number of hydrogen-bond donors (Lipinski definition) is 0. The molecule has 0 N–H and O–H groups in total. The zero-order valence-corrected chi connectivity index (χ0v) is 14.0. The van der Waals surface area contributed by atoms with Crippen molar-refractivity contribution in [3.05, 3.63) is 46.1 Å². The summed E-state index contributed by atoms with van der Waals surface area (Å²) in [7, 11) is 0. The first kappa shape index (κ1) is 15.9. The first-order valence-electron chi connectivity index (χ1n) is 7.58. The molecule has 23 heavy (non-hydrogen) atoms. The topological polar surface area (TPSA) is 61.4 Å². The van der Waals surface area contributed by atoms with Gasteiger partial charge in [-0.3, -0.25) is 9.59 Å². The maximum atomic E-state index is 12.7. The smallest absolute Gasteiger partial charge is 0.315 e. The van der Waals surface area contributed by atoms with Gasteiger partial charge in [-0.2, -0.15) is 0 Å². The van der Waals surface area contributed by atoms with Crippen molar-refractivity contribution in [2.24, 2.45) is 0 Å². The van der Waals surface area contributed by atoms with Gasteiger partial charge in [-0.15, -0.1) is 0 Å². The van der Waals surface area contributed by atoms with Gasteiger partial charge in [-0.1, -0.05) is 11.6 Å². The highest BCUT2D eigenvalue weighted by Crippen LogP contribution is 2.35. The van der Waals surface area contributed by atoms with Crippen molar-refractivity contribution in [1.29, 1.82) is 0 Å². The number of ketones is 1. The summed E-state index contributed by atoms with van der Waals surface area (Å²) in [5.41, 5.74) is 2.15. The average Bonchev–Trinajstić information content (AvgIpc) is 3.11. The van der Waals surface area contributed by atoms with Crippen molar-refractivity contribution in [1.82, 2.24) is 4.57 Å². The summed E-state index contributed by atoms with van der Waals surface area (Å²) in [6.45, 7) is 6.09. The van der Waals surface area contributed by atoms with E-state index < -0.39 is 0 Å². The monoisotopic (exact) mass is 335 g/mol. The summed E-state index contributed by atoms with van der Waals surface area (Å²) < 4.78 is 12.4. The number of halogens is 1. The van der Waals surface area contributed by atoms with Crippen molar-refractivity contribution in [3.8, 4) is 0 Å². The van der Waals surface area contributed by atoms with Gasteiger partial charge in [0.2, 0.25) is 5.78 Å². The van der Waals surface area contributed by atoms with E-state index in [9.17, 15) is 9.59 Å². The van der Waals surface area contributed by atoms with Gasteiger partial charge in [-0.05, 0) is 44.9 Å². The van der Waals surface area contributed by atoms with Crippen molar-refractivity contribution in [2.45, 2.75) is 45.8 Å². The van der Waals surface area contributed by atoms with Gasteiger partial charge in [-0.25, -0.2) is 0 Å². The molecule has 0 aliphatic carbocycles. The summed E-state index contributed by atoms with van der Waals surface area (Å²) in [5, 5.41) is 0.290. The molecule has 6 heteroatoms. The Bertz CT molecular complexity index is 772. The van der Waals surface area contributed by atoms with Crippen LogP contribution in [0.1, 0.15) is 53.7 Å². The normalized spacial score (nSPS) is 16.7. The van der Waals surface area contributed by atoms with Crippen molar-refractivity contribution in [2.75, 3.05) is 0 Å². The van der Waals surface area contributed by atoms with Crippen LogP contribution in [0.25, 0.3) is 0 Å². The van der Waals surface area contributed by atoms with Gasteiger partial charge in [0.15, 0.2) is 5.76 Å². The Labute approximate surface area is 139 Å². The Balaban J connectivity index is 1.96. The molecule has 1 atom stereocenters. The zero-order valence-electron chi connectivity index (χ0n) is 13.3. The summed E-state index contributed by atoms with van der Waals surface area (Å²) in [6, 6.07) is 3.42. The van der Waals surface area contributed by atoms with E-state index in [1.165, 1.54) is 6.26 Å². The molecule has 0 radical (unpaired) electrons. The molecule has 0 spiro atoms. The Morgan fingerprint density at radius 1 is 1.43 bits per heavy atom. The molecule has 0 amide bonds. The van der Waals surface area contributed by atoms with Gasteiger partial charge >= 0.3 is 5.97 Å². The van der Waals surface area contributed by atoms with Crippen molar-refractivity contribution >= 4 is 23.4 Å². The minimum atomic E-state index is -0.329. The minimum absolute atomic E-state index is 0.129. The van der Waals surface area contributed by atoms with Gasteiger partial charge < -0.3 is 13.7 Å². The standard InChI is InChI=1S/C17H18ClNO4/c1-9(2)23-17(21)11-4-6-19-13(11)8-10(3)14(19)15(20)16-12(18)5-7-22-16/h5,7-9,11H,4,6H2,1-3H3. The molecule has 3 rings (SSSR count). The van der Waals surface area contributed by atoms with Gasteiger partial charge in [0.05, 0.1) is 29.0 Å². The molecule has 2 aromatic heterocycles. The van der Waals surface area contributed by atoms with Crippen molar-refractivity contribution < 1.29 is 18.7 Å². The average molecular weight is 336 g/mol. The second kappa shape index (κ2) is 5.89. The van der Waals surface area contributed by atoms with Crippen LogP contribution in [-0.4, -0.2) is 22.4 Å². The van der Waals surface area contributed by atoms with Crippen LogP contribution in [0.15, 0.2) is 22.8 Å². The Hall–Kier alpha value is -2.01. The van der Waals surface area contributed by atoms with E-state index in [4.69, 9.17) is 20.8 Å².